The molecule has 146 valence electrons. The molecule has 0 bridgehead atoms. The molecule has 0 spiro atoms. The Balaban J connectivity index is 1.79. The Kier molecular flexibility index (Phi) is 5.07. The lowest BCUT2D eigenvalue weighted by atomic mass is 10.1. The van der Waals surface area contributed by atoms with E-state index in [0.29, 0.717) is 28.6 Å². The molecule has 1 N–H and O–H groups in total. The largest absolute Gasteiger partial charge is 0.494 e. The lowest BCUT2D eigenvalue weighted by molar-refractivity contribution is 0.0931. The fourth-order valence-electron chi connectivity index (χ4n) is 3.01. The highest BCUT2D eigenvalue weighted by molar-refractivity contribution is 5.98. The molecule has 0 saturated carbocycles. The van der Waals surface area contributed by atoms with Gasteiger partial charge in [-0.3, -0.25) is 9.78 Å². The summed E-state index contributed by atoms with van der Waals surface area (Å²) in [6.45, 7) is 1.84. The van der Waals surface area contributed by atoms with Gasteiger partial charge in [0.15, 0.2) is 5.69 Å². The Morgan fingerprint density at radius 3 is 2.69 bits per heavy atom. The summed E-state index contributed by atoms with van der Waals surface area (Å²) in [6.07, 6.45) is 3.22. The molecule has 0 saturated heterocycles. The van der Waals surface area contributed by atoms with Crippen molar-refractivity contribution in [1.29, 1.82) is 0 Å². The lowest BCUT2D eigenvalue weighted by Gasteiger charge is -2.13. The summed E-state index contributed by atoms with van der Waals surface area (Å²) in [5.41, 5.74) is 1.85. The minimum absolute atomic E-state index is 0.160. The normalized spacial score (nSPS) is 11.8. The first kappa shape index (κ1) is 18.4. The average Bonchev–Trinajstić information content (AvgIpc) is 3.44. The Bertz CT molecular complexity index is 1110. The maximum atomic E-state index is 13.0. The maximum absolute atomic E-state index is 13.0. The monoisotopic (exact) mass is 389 g/mol. The highest BCUT2D eigenvalue weighted by Gasteiger charge is 2.25. The van der Waals surface area contributed by atoms with Crippen molar-refractivity contribution in [3.8, 4) is 22.8 Å². The van der Waals surface area contributed by atoms with E-state index >= 15 is 0 Å². The number of benzene rings is 1. The first-order valence-corrected chi connectivity index (χ1v) is 9.04. The molecule has 8 heteroatoms. The third-order valence-corrected chi connectivity index (χ3v) is 4.42. The number of nitrogens with zero attached hydrogens (tertiary/aromatic N) is 4. The van der Waals surface area contributed by atoms with Crippen LogP contribution in [0.4, 0.5) is 0 Å². The molecule has 4 aromatic rings. The average molecular weight is 389 g/mol. The lowest BCUT2D eigenvalue weighted by Crippen LogP contribution is -2.27. The number of aromatic nitrogens is 4. The molecule has 1 atom stereocenters. The highest BCUT2D eigenvalue weighted by Crippen LogP contribution is 2.29. The van der Waals surface area contributed by atoms with E-state index < -0.39 is 0 Å². The molecule has 0 aliphatic heterocycles. The van der Waals surface area contributed by atoms with Crippen LogP contribution in [0.25, 0.3) is 17.1 Å². The van der Waals surface area contributed by atoms with E-state index in [1.165, 1.54) is 0 Å². The van der Waals surface area contributed by atoms with Crippen LogP contribution in [-0.2, 0) is 0 Å². The van der Waals surface area contributed by atoms with Crippen LogP contribution >= 0.6 is 0 Å². The van der Waals surface area contributed by atoms with Gasteiger partial charge in [-0.1, -0.05) is 23.4 Å². The smallest absolute Gasteiger partial charge is 0.274 e. The Morgan fingerprint density at radius 2 is 1.97 bits per heavy atom. The summed E-state index contributed by atoms with van der Waals surface area (Å²) in [5, 5.41) is 11.3. The van der Waals surface area contributed by atoms with Crippen LogP contribution in [0.15, 0.2) is 71.5 Å². The topological polar surface area (TPSA) is 95.1 Å². The third-order valence-electron chi connectivity index (χ3n) is 4.42. The molecule has 3 heterocycles. The Labute approximate surface area is 167 Å². The number of pyridine rings is 1. The van der Waals surface area contributed by atoms with Crippen LogP contribution < -0.4 is 10.1 Å². The standard InChI is InChI=1S/C21H19N5O3/c1-14(17-11-7-13-29-17)23-21(27)19-20(15-8-5-6-12-22-15)26(25-24-19)16-9-3-4-10-18(16)28-2/h3-14H,1-2H3,(H,23,27). The fourth-order valence-corrected chi connectivity index (χ4v) is 3.01. The fraction of sp³-hybridized carbons (Fsp3) is 0.143. The van der Waals surface area contributed by atoms with Gasteiger partial charge in [-0.15, -0.1) is 5.10 Å². The maximum Gasteiger partial charge on any atom is 0.274 e. The van der Waals surface area contributed by atoms with Crippen molar-refractivity contribution in [1.82, 2.24) is 25.3 Å². The number of para-hydroxylation sites is 2. The molecule has 1 amide bonds. The van der Waals surface area contributed by atoms with Gasteiger partial charge >= 0.3 is 0 Å². The summed E-state index contributed by atoms with van der Waals surface area (Å²) in [7, 11) is 1.58. The molecule has 4 rings (SSSR count). The predicted molar refractivity (Wildman–Crippen MR) is 106 cm³/mol. The number of rotatable bonds is 6. The van der Waals surface area contributed by atoms with Crippen LogP contribution in [0, 0.1) is 0 Å². The number of carbonyl (C=O) groups excluding carboxylic acids is 1. The van der Waals surface area contributed by atoms with Crippen LogP contribution in [0.5, 0.6) is 5.75 Å². The molecule has 3 aromatic heterocycles. The number of nitrogens with one attached hydrogen (secondary N) is 1. The Morgan fingerprint density at radius 1 is 1.14 bits per heavy atom. The van der Waals surface area contributed by atoms with Crippen LogP contribution in [0.2, 0.25) is 0 Å². The van der Waals surface area contributed by atoms with Crippen LogP contribution in [0.3, 0.4) is 0 Å². The van der Waals surface area contributed by atoms with Crippen molar-refractivity contribution in [2.75, 3.05) is 7.11 Å². The van der Waals surface area contributed by atoms with Crippen LogP contribution in [0.1, 0.15) is 29.2 Å². The summed E-state index contributed by atoms with van der Waals surface area (Å²) < 4.78 is 12.4. The van der Waals surface area contributed by atoms with Crippen molar-refractivity contribution in [3.05, 3.63) is 78.5 Å². The molecule has 29 heavy (non-hydrogen) atoms. The van der Waals surface area contributed by atoms with Crippen LogP contribution in [-0.4, -0.2) is 33.0 Å². The molecule has 1 unspecified atom stereocenters. The number of ether oxygens (including phenoxy) is 1. The van der Waals surface area contributed by atoms with Crippen molar-refractivity contribution in [2.24, 2.45) is 0 Å². The SMILES string of the molecule is COc1ccccc1-n1nnc(C(=O)NC(C)c2ccco2)c1-c1ccccn1. The summed E-state index contributed by atoms with van der Waals surface area (Å²) >= 11 is 0. The number of carbonyl (C=O) groups is 1. The number of hydrogen-bond donors (Lipinski definition) is 1. The minimum atomic E-state index is -0.379. The zero-order valence-electron chi connectivity index (χ0n) is 15.9. The Hall–Kier alpha value is -3.94. The molecule has 8 nitrogen and oxygen atoms in total. The zero-order chi connectivity index (χ0) is 20.2. The van der Waals surface area contributed by atoms with Gasteiger partial charge in [-0.05, 0) is 43.3 Å². The molecular weight excluding hydrogens is 370 g/mol. The second kappa shape index (κ2) is 7.97. The molecule has 0 radical (unpaired) electrons. The van der Waals surface area contributed by atoms with Gasteiger partial charge < -0.3 is 14.5 Å². The van der Waals surface area contributed by atoms with E-state index in [0.717, 1.165) is 0 Å². The number of hydrogen-bond acceptors (Lipinski definition) is 6. The predicted octanol–water partition coefficient (Wildman–Crippen LogP) is 3.42. The summed E-state index contributed by atoms with van der Waals surface area (Å²) in [6, 6.07) is 16.1. The molecular formula is C21H19N5O3. The van der Waals surface area contributed by atoms with Gasteiger partial charge in [0.2, 0.25) is 0 Å². The van der Waals surface area contributed by atoms with Crippen molar-refractivity contribution in [2.45, 2.75) is 13.0 Å². The van der Waals surface area contributed by atoms with Gasteiger partial charge in [-0.25, -0.2) is 4.68 Å². The number of amides is 1. The van der Waals surface area contributed by atoms with E-state index in [-0.39, 0.29) is 17.6 Å². The first-order chi connectivity index (χ1) is 14.2. The number of methoxy groups -OCH3 is 1. The van der Waals surface area contributed by atoms with Gasteiger partial charge in [0, 0.05) is 6.20 Å². The van der Waals surface area contributed by atoms with E-state index in [1.807, 2.05) is 37.3 Å². The van der Waals surface area contributed by atoms with Gasteiger partial charge in [-0.2, -0.15) is 0 Å². The van der Waals surface area contributed by atoms with Crippen molar-refractivity contribution in [3.63, 3.8) is 0 Å². The second-order valence-electron chi connectivity index (χ2n) is 6.30. The van der Waals surface area contributed by atoms with Crippen molar-refractivity contribution >= 4 is 5.91 Å². The molecule has 0 aliphatic carbocycles. The number of furan rings is 1. The minimum Gasteiger partial charge on any atom is -0.494 e. The van der Waals surface area contributed by atoms with E-state index in [4.69, 9.17) is 9.15 Å². The first-order valence-electron chi connectivity index (χ1n) is 9.04. The summed E-state index contributed by atoms with van der Waals surface area (Å²) in [4.78, 5) is 17.4. The second-order valence-corrected chi connectivity index (χ2v) is 6.30. The molecule has 0 aliphatic rings. The van der Waals surface area contributed by atoms with Gasteiger partial charge in [0.05, 0.1) is 25.1 Å². The van der Waals surface area contributed by atoms with E-state index in [9.17, 15) is 4.79 Å². The third kappa shape index (κ3) is 3.60. The van der Waals surface area contributed by atoms with E-state index in [2.05, 4.69) is 20.6 Å². The molecule has 0 fully saturated rings. The van der Waals surface area contributed by atoms with Crippen molar-refractivity contribution < 1.29 is 13.9 Å². The van der Waals surface area contributed by atoms with Gasteiger partial charge in [0.25, 0.3) is 5.91 Å². The van der Waals surface area contributed by atoms with E-state index in [1.54, 1.807) is 48.5 Å². The van der Waals surface area contributed by atoms with Gasteiger partial charge in [0.1, 0.15) is 22.9 Å². The quantitative estimate of drug-likeness (QED) is 0.543. The highest BCUT2D eigenvalue weighted by atomic mass is 16.5. The summed E-state index contributed by atoms with van der Waals surface area (Å²) in [5.74, 6) is 0.871. The zero-order valence-corrected chi connectivity index (χ0v) is 15.9. The molecule has 1 aromatic carbocycles.